The largest absolute Gasteiger partial charge is 0.0683 e. The van der Waals surface area contributed by atoms with Crippen LogP contribution in [-0.4, -0.2) is 0 Å². The molecule has 0 radical (unpaired) electrons. The Labute approximate surface area is 130 Å². The van der Waals surface area contributed by atoms with Crippen molar-refractivity contribution in [2.45, 2.75) is 59.3 Å². The Morgan fingerprint density at radius 2 is 1.57 bits per heavy atom. The molecule has 0 saturated carbocycles. The van der Waals surface area contributed by atoms with E-state index in [9.17, 15) is 0 Å². The van der Waals surface area contributed by atoms with E-state index < -0.39 is 0 Å². The van der Waals surface area contributed by atoms with Crippen LogP contribution >= 0.6 is 0 Å². The first-order chi connectivity index (χ1) is 10.3. The van der Waals surface area contributed by atoms with Gasteiger partial charge >= 0.3 is 0 Å². The van der Waals surface area contributed by atoms with Crippen molar-refractivity contribution in [3.8, 4) is 0 Å². The average molecular weight is 280 g/mol. The van der Waals surface area contributed by atoms with Gasteiger partial charge in [0.25, 0.3) is 0 Å². The smallest absolute Gasteiger partial charge is 0.00948 e. The van der Waals surface area contributed by atoms with E-state index in [0.717, 1.165) is 0 Å². The summed E-state index contributed by atoms with van der Waals surface area (Å²) < 4.78 is 0. The number of hydrogen-bond acceptors (Lipinski definition) is 0. The van der Waals surface area contributed by atoms with E-state index in [1.165, 1.54) is 31.2 Å². The molecule has 0 amide bonds. The monoisotopic (exact) mass is 280 g/mol. The zero-order chi connectivity index (χ0) is 15.2. The molecule has 2 aromatic carbocycles. The predicted molar refractivity (Wildman–Crippen MR) is 93.1 cm³/mol. The fourth-order valence-electron chi connectivity index (χ4n) is 3.40. The van der Waals surface area contributed by atoms with Crippen molar-refractivity contribution in [2.75, 3.05) is 0 Å². The maximum absolute atomic E-state index is 2.41. The van der Waals surface area contributed by atoms with Crippen molar-refractivity contribution in [2.24, 2.45) is 0 Å². The fraction of sp³-hybridized carbons (Fsp3) is 0.429. The summed E-state index contributed by atoms with van der Waals surface area (Å²) in [6, 6.07) is 16.1. The molecule has 0 aromatic heterocycles. The normalized spacial score (nSPS) is 16.1. The van der Waals surface area contributed by atoms with Gasteiger partial charge in [0, 0.05) is 5.92 Å². The van der Waals surface area contributed by atoms with Crippen LogP contribution in [0.15, 0.2) is 42.5 Å². The van der Waals surface area contributed by atoms with Gasteiger partial charge in [0.1, 0.15) is 0 Å². The van der Waals surface area contributed by atoms with Crippen LogP contribution in [0.1, 0.15) is 67.3 Å². The van der Waals surface area contributed by atoms with Gasteiger partial charge in [-0.05, 0) is 48.4 Å². The Balaban J connectivity index is 0.000000774. The SMILES string of the molecule is CC.CCCC1c2ccccc2CCc2ccc(C)cc21. The lowest BCUT2D eigenvalue weighted by molar-refractivity contribution is 0.695. The summed E-state index contributed by atoms with van der Waals surface area (Å²) in [5.74, 6) is 0.596. The lowest BCUT2D eigenvalue weighted by Gasteiger charge is -2.20. The minimum atomic E-state index is 0.596. The van der Waals surface area contributed by atoms with Gasteiger partial charge in [0.05, 0.1) is 0 Å². The number of hydrogen-bond donors (Lipinski definition) is 0. The number of aryl methyl sites for hydroxylation is 3. The van der Waals surface area contributed by atoms with Crippen molar-refractivity contribution in [3.63, 3.8) is 0 Å². The Morgan fingerprint density at radius 3 is 2.29 bits per heavy atom. The molecule has 1 unspecified atom stereocenters. The molecular formula is C21H28. The molecule has 0 bridgehead atoms. The third kappa shape index (κ3) is 3.37. The van der Waals surface area contributed by atoms with E-state index >= 15 is 0 Å². The Kier molecular flexibility index (Phi) is 5.61. The molecule has 0 nitrogen and oxygen atoms in total. The van der Waals surface area contributed by atoms with Crippen LogP contribution in [0.25, 0.3) is 0 Å². The lowest BCUT2D eigenvalue weighted by Crippen LogP contribution is -2.04. The molecule has 1 aliphatic carbocycles. The first-order valence-corrected chi connectivity index (χ1v) is 8.47. The van der Waals surface area contributed by atoms with Crippen LogP contribution in [0.3, 0.4) is 0 Å². The Hall–Kier alpha value is -1.56. The Bertz CT molecular complexity index is 580. The van der Waals surface area contributed by atoms with Gasteiger partial charge in [0.15, 0.2) is 0 Å². The topological polar surface area (TPSA) is 0 Å². The molecular weight excluding hydrogens is 252 g/mol. The second-order valence-electron chi connectivity index (χ2n) is 5.74. The highest BCUT2D eigenvalue weighted by Crippen LogP contribution is 2.37. The summed E-state index contributed by atoms with van der Waals surface area (Å²) in [6.45, 7) is 8.50. The Morgan fingerprint density at radius 1 is 0.905 bits per heavy atom. The van der Waals surface area contributed by atoms with Gasteiger partial charge in [-0.15, -0.1) is 0 Å². The van der Waals surface area contributed by atoms with Crippen LogP contribution in [0.4, 0.5) is 0 Å². The molecule has 0 heterocycles. The molecule has 0 heteroatoms. The first-order valence-electron chi connectivity index (χ1n) is 8.47. The van der Waals surface area contributed by atoms with E-state index in [0.29, 0.717) is 5.92 Å². The quantitative estimate of drug-likeness (QED) is 0.628. The minimum Gasteiger partial charge on any atom is -0.0683 e. The van der Waals surface area contributed by atoms with E-state index in [-0.39, 0.29) is 0 Å². The standard InChI is InChI=1S/C19H22.C2H6/c1-3-6-18-17-8-5-4-7-15(17)11-12-16-10-9-14(2)13-19(16)18;1-2/h4-5,7-10,13,18H,3,6,11-12H2,1-2H3;1-2H3. The summed E-state index contributed by atoms with van der Waals surface area (Å²) in [5, 5.41) is 0. The van der Waals surface area contributed by atoms with Crippen LogP contribution in [0, 0.1) is 6.92 Å². The number of benzene rings is 2. The molecule has 112 valence electrons. The van der Waals surface area contributed by atoms with E-state index in [4.69, 9.17) is 0 Å². The van der Waals surface area contributed by atoms with Gasteiger partial charge in [0.2, 0.25) is 0 Å². The maximum atomic E-state index is 2.41. The molecule has 0 N–H and O–H groups in total. The molecule has 0 spiro atoms. The molecule has 0 saturated heterocycles. The third-order valence-electron chi connectivity index (χ3n) is 4.35. The van der Waals surface area contributed by atoms with E-state index in [1.54, 1.807) is 22.3 Å². The van der Waals surface area contributed by atoms with Gasteiger partial charge in [-0.25, -0.2) is 0 Å². The van der Waals surface area contributed by atoms with Crippen LogP contribution in [0.2, 0.25) is 0 Å². The summed E-state index contributed by atoms with van der Waals surface area (Å²) in [5.41, 5.74) is 7.63. The second-order valence-corrected chi connectivity index (χ2v) is 5.74. The average Bonchev–Trinajstić information content (AvgIpc) is 2.68. The highest BCUT2D eigenvalue weighted by molar-refractivity contribution is 5.46. The first kappa shape index (κ1) is 15.8. The van der Waals surface area contributed by atoms with Crippen molar-refractivity contribution in [1.82, 2.24) is 0 Å². The van der Waals surface area contributed by atoms with Crippen molar-refractivity contribution in [3.05, 3.63) is 70.3 Å². The molecule has 0 aliphatic heterocycles. The van der Waals surface area contributed by atoms with Gasteiger partial charge in [-0.2, -0.15) is 0 Å². The molecule has 1 atom stereocenters. The number of rotatable bonds is 2. The summed E-state index contributed by atoms with van der Waals surface area (Å²) in [4.78, 5) is 0. The van der Waals surface area contributed by atoms with Crippen molar-refractivity contribution >= 4 is 0 Å². The lowest BCUT2D eigenvalue weighted by atomic mass is 9.84. The predicted octanol–water partition coefficient (Wildman–Crippen LogP) is 6.05. The zero-order valence-electron chi connectivity index (χ0n) is 13.9. The summed E-state index contributed by atoms with van der Waals surface area (Å²) in [7, 11) is 0. The van der Waals surface area contributed by atoms with E-state index in [1.807, 2.05) is 13.8 Å². The summed E-state index contributed by atoms with van der Waals surface area (Å²) in [6.07, 6.45) is 4.87. The van der Waals surface area contributed by atoms with E-state index in [2.05, 4.69) is 56.3 Å². The van der Waals surface area contributed by atoms with Gasteiger partial charge in [-0.1, -0.05) is 75.2 Å². The van der Waals surface area contributed by atoms with Crippen LogP contribution < -0.4 is 0 Å². The van der Waals surface area contributed by atoms with Gasteiger partial charge in [-0.3, -0.25) is 0 Å². The summed E-state index contributed by atoms with van der Waals surface area (Å²) >= 11 is 0. The molecule has 3 rings (SSSR count). The van der Waals surface area contributed by atoms with Crippen LogP contribution in [0.5, 0.6) is 0 Å². The van der Waals surface area contributed by atoms with Crippen molar-refractivity contribution in [1.29, 1.82) is 0 Å². The van der Waals surface area contributed by atoms with Gasteiger partial charge < -0.3 is 0 Å². The molecule has 21 heavy (non-hydrogen) atoms. The van der Waals surface area contributed by atoms with Crippen molar-refractivity contribution < 1.29 is 0 Å². The van der Waals surface area contributed by atoms with Crippen LogP contribution in [-0.2, 0) is 12.8 Å². The minimum absolute atomic E-state index is 0.596. The number of fused-ring (bicyclic) bond motifs is 2. The molecule has 1 aliphatic rings. The highest BCUT2D eigenvalue weighted by atomic mass is 14.3. The highest BCUT2D eigenvalue weighted by Gasteiger charge is 2.22. The zero-order valence-corrected chi connectivity index (χ0v) is 13.9. The second kappa shape index (κ2) is 7.45. The molecule has 2 aromatic rings. The third-order valence-corrected chi connectivity index (χ3v) is 4.35. The maximum Gasteiger partial charge on any atom is 0.00948 e. The molecule has 0 fully saturated rings. The fourth-order valence-corrected chi connectivity index (χ4v) is 3.40.